The molecule has 0 saturated carbocycles. The van der Waals surface area contributed by atoms with Crippen LogP contribution < -0.4 is 10.6 Å². The smallest absolute Gasteiger partial charge is 0.138 e. The van der Waals surface area contributed by atoms with Gasteiger partial charge in [-0.15, -0.1) is 11.3 Å². The molecule has 1 aliphatic carbocycles. The van der Waals surface area contributed by atoms with E-state index in [1.165, 1.54) is 52.8 Å². The second-order valence-electron chi connectivity index (χ2n) is 6.42. The van der Waals surface area contributed by atoms with Gasteiger partial charge in [-0.2, -0.15) is 0 Å². The summed E-state index contributed by atoms with van der Waals surface area (Å²) in [6.07, 6.45) is 7.76. The Labute approximate surface area is 129 Å². The molecule has 2 aliphatic rings. The van der Waals surface area contributed by atoms with E-state index >= 15 is 0 Å². The third-order valence-electron chi connectivity index (χ3n) is 4.77. The summed E-state index contributed by atoms with van der Waals surface area (Å²) in [5.41, 5.74) is 1.52. The molecule has 112 valence electrons. The molecule has 2 N–H and O–H groups in total. The van der Waals surface area contributed by atoms with Crippen LogP contribution in [0.3, 0.4) is 0 Å². The van der Waals surface area contributed by atoms with Crippen molar-refractivity contribution in [2.45, 2.75) is 45.1 Å². The molecule has 2 aromatic heterocycles. The first kappa shape index (κ1) is 13.5. The van der Waals surface area contributed by atoms with Crippen molar-refractivity contribution >= 4 is 27.4 Å². The Morgan fingerprint density at radius 2 is 2.10 bits per heavy atom. The molecule has 0 aromatic carbocycles. The molecule has 1 unspecified atom stereocenters. The zero-order valence-corrected chi connectivity index (χ0v) is 13.3. The van der Waals surface area contributed by atoms with Gasteiger partial charge in [-0.1, -0.05) is 6.92 Å². The highest BCUT2D eigenvalue weighted by Crippen LogP contribution is 2.39. The van der Waals surface area contributed by atoms with Crippen LogP contribution in [0.4, 0.5) is 5.82 Å². The standard InChI is InChI=1S/C16H22N4S/c1-10-2-3-12-13(8-10)21-16-14(12)15(18-9-19-16)20-11-4-6-17-7-5-11/h9-11,17H,2-8H2,1H3,(H,18,19,20). The van der Waals surface area contributed by atoms with Crippen LogP contribution in [0.2, 0.25) is 0 Å². The average molecular weight is 302 g/mol. The SMILES string of the molecule is CC1CCc2c(sc3ncnc(NC4CCNCC4)c23)C1. The maximum atomic E-state index is 4.56. The lowest BCUT2D eigenvalue weighted by Gasteiger charge is -2.25. The van der Waals surface area contributed by atoms with Crippen molar-refractivity contribution in [1.29, 1.82) is 0 Å². The second-order valence-corrected chi connectivity index (χ2v) is 7.51. The minimum atomic E-state index is 0.544. The van der Waals surface area contributed by atoms with Crippen LogP contribution >= 0.6 is 11.3 Å². The number of aromatic nitrogens is 2. The van der Waals surface area contributed by atoms with E-state index in [0.717, 1.165) is 24.8 Å². The highest BCUT2D eigenvalue weighted by molar-refractivity contribution is 7.19. The zero-order valence-electron chi connectivity index (χ0n) is 12.5. The molecule has 0 radical (unpaired) electrons. The van der Waals surface area contributed by atoms with Gasteiger partial charge in [-0.25, -0.2) is 9.97 Å². The number of anilines is 1. The van der Waals surface area contributed by atoms with Gasteiger partial charge in [0, 0.05) is 10.9 Å². The van der Waals surface area contributed by atoms with Crippen molar-refractivity contribution in [3.8, 4) is 0 Å². The molecule has 5 heteroatoms. The van der Waals surface area contributed by atoms with Crippen molar-refractivity contribution < 1.29 is 0 Å². The summed E-state index contributed by atoms with van der Waals surface area (Å²) >= 11 is 1.88. The number of rotatable bonds is 2. The van der Waals surface area contributed by atoms with Gasteiger partial charge < -0.3 is 10.6 Å². The molecule has 2 aromatic rings. The Morgan fingerprint density at radius 3 is 2.95 bits per heavy atom. The van der Waals surface area contributed by atoms with E-state index in [-0.39, 0.29) is 0 Å². The molecule has 1 atom stereocenters. The Balaban J connectivity index is 1.71. The summed E-state index contributed by atoms with van der Waals surface area (Å²) in [5, 5.41) is 8.41. The second kappa shape index (κ2) is 5.54. The molecule has 3 heterocycles. The first-order valence-corrected chi connectivity index (χ1v) is 8.85. The van der Waals surface area contributed by atoms with Gasteiger partial charge in [0.25, 0.3) is 0 Å². The maximum Gasteiger partial charge on any atom is 0.138 e. The van der Waals surface area contributed by atoms with E-state index in [9.17, 15) is 0 Å². The van der Waals surface area contributed by atoms with Crippen molar-refractivity contribution in [3.05, 3.63) is 16.8 Å². The fraction of sp³-hybridized carbons (Fsp3) is 0.625. The summed E-state index contributed by atoms with van der Waals surface area (Å²) in [4.78, 5) is 11.8. The average Bonchev–Trinajstić information content (AvgIpc) is 2.86. The first-order chi connectivity index (χ1) is 10.3. The van der Waals surface area contributed by atoms with Crippen LogP contribution in [0.25, 0.3) is 10.2 Å². The summed E-state index contributed by atoms with van der Waals surface area (Å²) in [5.74, 6) is 1.87. The monoisotopic (exact) mass is 302 g/mol. The molecule has 0 spiro atoms. The highest BCUT2D eigenvalue weighted by Gasteiger charge is 2.24. The number of hydrogen-bond donors (Lipinski definition) is 2. The lowest BCUT2D eigenvalue weighted by molar-refractivity contribution is 0.478. The third-order valence-corrected chi connectivity index (χ3v) is 5.93. The van der Waals surface area contributed by atoms with Gasteiger partial charge in [0.15, 0.2) is 0 Å². The lowest BCUT2D eigenvalue weighted by Crippen LogP contribution is -2.35. The van der Waals surface area contributed by atoms with Crippen LogP contribution in [0, 0.1) is 5.92 Å². The number of hydrogen-bond acceptors (Lipinski definition) is 5. The molecular formula is C16H22N4S. The van der Waals surface area contributed by atoms with E-state index < -0.39 is 0 Å². The van der Waals surface area contributed by atoms with Crippen LogP contribution in [-0.2, 0) is 12.8 Å². The molecule has 4 nitrogen and oxygen atoms in total. The van der Waals surface area contributed by atoms with Crippen molar-refractivity contribution in [2.24, 2.45) is 5.92 Å². The van der Waals surface area contributed by atoms with Crippen LogP contribution in [0.5, 0.6) is 0 Å². The number of nitrogens with one attached hydrogen (secondary N) is 2. The fourth-order valence-electron chi connectivity index (χ4n) is 3.54. The van der Waals surface area contributed by atoms with Crippen molar-refractivity contribution in [1.82, 2.24) is 15.3 Å². The molecule has 0 amide bonds. The topological polar surface area (TPSA) is 49.8 Å². The maximum absolute atomic E-state index is 4.56. The van der Waals surface area contributed by atoms with E-state index in [2.05, 4.69) is 27.5 Å². The van der Waals surface area contributed by atoms with Crippen LogP contribution in [0.1, 0.15) is 36.6 Å². The predicted molar refractivity (Wildman–Crippen MR) is 88.1 cm³/mol. The quantitative estimate of drug-likeness (QED) is 0.895. The number of fused-ring (bicyclic) bond motifs is 3. The van der Waals surface area contributed by atoms with Gasteiger partial charge >= 0.3 is 0 Å². The van der Waals surface area contributed by atoms with Gasteiger partial charge in [0.2, 0.25) is 0 Å². The van der Waals surface area contributed by atoms with Crippen LogP contribution in [-0.4, -0.2) is 29.1 Å². The minimum Gasteiger partial charge on any atom is -0.367 e. The van der Waals surface area contributed by atoms with E-state index in [1.807, 2.05) is 11.3 Å². The molecule has 1 saturated heterocycles. The largest absolute Gasteiger partial charge is 0.367 e. The predicted octanol–water partition coefficient (Wildman–Crippen LogP) is 2.98. The Kier molecular flexibility index (Phi) is 3.55. The third kappa shape index (κ3) is 2.53. The Bertz CT molecular complexity index is 645. The van der Waals surface area contributed by atoms with E-state index in [1.54, 1.807) is 6.33 Å². The zero-order chi connectivity index (χ0) is 14.2. The summed E-state index contributed by atoms with van der Waals surface area (Å²) in [7, 11) is 0. The summed E-state index contributed by atoms with van der Waals surface area (Å²) < 4.78 is 0. The highest BCUT2D eigenvalue weighted by atomic mass is 32.1. The van der Waals surface area contributed by atoms with Gasteiger partial charge in [-0.05, 0) is 56.7 Å². The molecule has 1 fully saturated rings. The number of aryl methyl sites for hydroxylation is 1. The van der Waals surface area contributed by atoms with E-state index in [0.29, 0.717) is 6.04 Å². The van der Waals surface area contributed by atoms with Gasteiger partial charge in [-0.3, -0.25) is 0 Å². The summed E-state index contributed by atoms with van der Waals surface area (Å²) in [6.45, 7) is 4.56. The molecule has 21 heavy (non-hydrogen) atoms. The Hall–Kier alpha value is -1.20. The molecular weight excluding hydrogens is 280 g/mol. The van der Waals surface area contributed by atoms with Crippen molar-refractivity contribution in [3.63, 3.8) is 0 Å². The first-order valence-electron chi connectivity index (χ1n) is 8.04. The number of thiophene rings is 1. The van der Waals surface area contributed by atoms with Gasteiger partial charge in [0.1, 0.15) is 17.0 Å². The molecule has 0 bridgehead atoms. The fourth-order valence-corrected chi connectivity index (χ4v) is 4.89. The number of piperidine rings is 1. The molecule has 4 rings (SSSR count). The normalized spacial score (nSPS) is 23.2. The Morgan fingerprint density at radius 1 is 1.24 bits per heavy atom. The van der Waals surface area contributed by atoms with Crippen molar-refractivity contribution in [2.75, 3.05) is 18.4 Å². The lowest BCUT2D eigenvalue weighted by atomic mass is 9.89. The van der Waals surface area contributed by atoms with Gasteiger partial charge in [0.05, 0.1) is 5.39 Å². The summed E-state index contributed by atoms with van der Waals surface area (Å²) in [6, 6.07) is 0.544. The minimum absolute atomic E-state index is 0.544. The molecule has 1 aliphatic heterocycles. The number of nitrogens with zero attached hydrogens (tertiary/aromatic N) is 2. The van der Waals surface area contributed by atoms with Crippen LogP contribution in [0.15, 0.2) is 6.33 Å². The van der Waals surface area contributed by atoms with E-state index in [4.69, 9.17) is 0 Å².